The standard InChI is InChI=1S/C19H23N3O3/c1-3-7-22-18(24)15-5-4-13(10-16(15)19(22)25)17(23)21-8-6-12(2)9-14(21)11-20/h3-5,10,12,14H,1,6-9,11,20H2,2H3. The second-order valence-electron chi connectivity index (χ2n) is 6.79. The van der Waals surface area contributed by atoms with Crippen molar-refractivity contribution in [2.75, 3.05) is 19.6 Å². The fraction of sp³-hybridized carbons (Fsp3) is 0.421. The fourth-order valence-corrected chi connectivity index (χ4v) is 3.63. The molecule has 2 atom stereocenters. The lowest BCUT2D eigenvalue weighted by Crippen LogP contribution is -2.49. The van der Waals surface area contributed by atoms with Gasteiger partial charge < -0.3 is 10.6 Å². The van der Waals surface area contributed by atoms with Crippen LogP contribution >= 0.6 is 0 Å². The first-order valence-electron chi connectivity index (χ1n) is 8.60. The van der Waals surface area contributed by atoms with Gasteiger partial charge in [0.05, 0.1) is 11.1 Å². The van der Waals surface area contributed by atoms with Gasteiger partial charge in [-0.15, -0.1) is 6.58 Å². The molecule has 0 saturated carbocycles. The summed E-state index contributed by atoms with van der Waals surface area (Å²) in [4.78, 5) is 40.5. The molecule has 132 valence electrons. The lowest BCUT2D eigenvalue weighted by molar-refractivity contribution is 0.0573. The predicted octanol–water partition coefficient (Wildman–Crippen LogP) is 1.67. The molecule has 6 nitrogen and oxygen atoms in total. The lowest BCUT2D eigenvalue weighted by Gasteiger charge is -2.38. The molecule has 2 aliphatic heterocycles. The number of nitrogens with two attached hydrogens (primary N) is 1. The second kappa shape index (κ2) is 6.80. The van der Waals surface area contributed by atoms with Crippen LogP contribution in [0.5, 0.6) is 0 Å². The van der Waals surface area contributed by atoms with E-state index in [2.05, 4.69) is 13.5 Å². The zero-order valence-corrected chi connectivity index (χ0v) is 14.4. The van der Waals surface area contributed by atoms with Gasteiger partial charge in [-0.1, -0.05) is 13.0 Å². The largest absolute Gasteiger partial charge is 0.334 e. The number of rotatable bonds is 4. The highest BCUT2D eigenvalue weighted by molar-refractivity contribution is 6.22. The van der Waals surface area contributed by atoms with Crippen LogP contribution < -0.4 is 5.73 Å². The van der Waals surface area contributed by atoms with E-state index in [-0.39, 0.29) is 35.9 Å². The summed E-state index contributed by atoms with van der Waals surface area (Å²) >= 11 is 0. The summed E-state index contributed by atoms with van der Waals surface area (Å²) in [7, 11) is 0. The Labute approximate surface area is 147 Å². The molecule has 25 heavy (non-hydrogen) atoms. The molecule has 1 fully saturated rings. The van der Waals surface area contributed by atoms with E-state index in [0.717, 1.165) is 17.7 Å². The lowest BCUT2D eigenvalue weighted by atomic mass is 9.91. The molecule has 0 radical (unpaired) electrons. The predicted molar refractivity (Wildman–Crippen MR) is 94.3 cm³/mol. The normalized spacial score (nSPS) is 23.0. The number of nitrogens with zero attached hydrogens (tertiary/aromatic N) is 2. The number of fused-ring (bicyclic) bond motifs is 1. The summed E-state index contributed by atoms with van der Waals surface area (Å²) in [5.41, 5.74) is 6.89. The summed E-state index contributed by atoms with van der Waals surface area (Å²) in [5.74, 6) is -0.306. The first kappa shape index (κ1) is 17.4. The molecule has 0 aromatic heterocycles. The van der Waals surface area contributed by atoms with Crippen molar-refractivity contribution >= 4 is 17.7 Å². The van der Waals surface area contributed by atoms with E-state index in [0.29, 0.717) is 30.1 Å². The van der Waals surface area contributed by atoms with Gasteiger partial charge in [0, 0.05) is 31.2 Å². The van der Waals surface area contributed by atoms with Gasteiger partial charge >= 0.3 is 0 Å². The SMILES string of the molecule is C=CCN1C(=O)c2ccc(C(=O)N3CCC(C)CC3CN)cc2C1=O. The van der Waals surface area contributed by atoms with Gasteiger partial charge in [-0.3, -0.25) is 19.3 Å². The number of carbonyl (C=O) groups is 3. The van der Waals surface area contributed by atoms with Crippen LogP contribution in [-0.4, -0.2) is 53.2 Å². The minimum Gasteiger partial charge on any atom is -0.334 e. The number of piperidine rings is 1. The van der Waals surface area contributed by atoms with Crippen LogP contribution in [-0.2, 0) is 0 Å². The van der Waals surface area contributed by atoms with Crippen LogP contribution in [0.15, 0.2) is 30.9 Å². The Kier molecular flexibility index (Phi) is 4.72. The van der Waals surface area contributed by atoms with Crippen molar-refractivity contribution in [3.05, 3.63) is 47.5 Å². The first-order valence-corrected chi connectivity index (χ1v) is 8.60. The van der Waals surface area contributed by atoms with E-state index in [9.17, 15) is 14.4 Å². The van der Waals surface area contributed by atoms with Gasteiger partial charge in [-0.2, -0.15) is 0 Å². The zero-order chi connectivity index (χ0) is 18.1. The van der Waals surface area contributed by atoms with E-state index in [4.69, 9.17) is 5.73 Å². The maximum atomic E-state index is 12.9. The van der Waals surface area contributed by atoms with Crippen molar-refractivity contribution in [2.45, 2.75) is 25.8 Å². The van der Waals surface area contributed by atoms with Crippen LogP contribution in [0.3, 0.4) is 0 Å². The molecule has 1 aromatic carbocycles. The summed E-state index contributed by atoms with van der Waals surface area (Å²) in [6.07, 6.45) is 3.34. The molecule has 3 amide bonds. The van der Waals surface area contributed by atoms with E-state index in [1.807, 2.05) is 0 Å². The maximum absolute atomic E-state index is 12.9. The molecule has 2 heterocycles. The average Bonchev–Trinajstić information content (AvgIpc) is 2.86. The van der Waals surface area contributed by atoms with Crippen LogP contribution in [0.4, 0.5) is 0 Å². The van der Waals surface area contributed by atoms with Gasteiger partial charge in [-0.05, 0) is 37.0 Å². The number of likely N-dealkylation sites (tertiary alicyclic amines) is 1. The Bertz CT molecular complexity index is 743. The van der Waals surface area contributed by atoms with Crippen molar-refractivity contribution in [3.8, 4) is 0 Å². The van der Waals surface area contributed by atoms with E-state index >= 15 is 0 Å². The van der Waals surface area contributed by atoms with Gasteiger partial charge in [0.25, 0.3) is 17.7 Å². The Morgan fingerprint density at radius 1 is 1.32 bits per heavy atom. The highest BCUT2D eigenvalue weighted by atomic mass is 16.2. The molecular weight excluding hydrogens is 318 g/mol. The third-order valence-electron chi connectivity index (χ3n) is 5.04. The molecule has 1 saturated heterocycles. The van der Waals surface area contributed by atoms with Gasteiger partial charge in [0.2, 0.25) is 0 Å². The van der Waals surface area contributed by atoms with Crippen molar-refractivity contribution in [1.29, 1.82) is 0 Å². The number of hydrogen-bond donors (Lipinski definition) is 1. The van der Waals surface area contributed by atoms with Crippen LogP contribution in [0, 0.1) is 5.92 Å². The molecule has 2 aliphatic rings. The molecule has 3 rings (SSSR count). The van der Waals surface area contributed by atoms with E-state index < -0.39 is 0 Å². The zero-order valence-electron chi connectivity index (χ0n) is 14.4. The topological polar surface area (TPSA) is 83.7 Å². The maximum Gasteiger partial charge on any atom is 0.261 e. The Hall–Kier alpha value is -2.47. The van der Waals surface area contributed by atoms with E-state index in [1.54, 1.807) is 17.0 Å². The molecule has 0 bridgehead atoms. The molecule has 1 aromatic rings. The van der Waals surface area contributed by atoms with Crippen molar-refractivity contribution in [1.82, 2.24) is 9.80 Å². The fourth-order valence-electron chi connectivity index (χ4n) is 3.63. The van der Waals surface area contributed by atoms with Crippen LogP contribution in [0.2, 0.25) is 0 Å². The Balaban J connectivity index is 1.88. The van der Waals surface area contributed by atoms with Crippen LogP contribution in [0.25, 0.3) is 0 Å². The highest BCUT2D eigenvalue weighted by Gasteiger charge is 2.36. The Morgan fingerprint density at radius 3 is 2.72 bits per heavy atom. The first-order chi connectivity index (χ1) is 12.0. The van der Waals surface area contributed by atoms with Crippen LogP contribution in [0.1, 0.15) is 50.8 Å². The molecule has 6 heteroatoms. The summed E-state index contributed by atoms with van der Waals surface area (Å²) in [6.45, 7) is 6.98. The number of hydrogen-bond acceptors (Lipinski definition) is 4. The number of amides is 3. The van der Waals surface area contributed by atoms with Gasteiger partial charge in [0.15, 0.2) is 0 Å². The average molecular weight is 341 g/mol. The highest BCUT2D eigenvalue weighted by Crippen LogP contribution is 2.27. The molecule has 2 unspecified atom stereocenters. The van der Waals surface area contributed by atoms with Crippen molar-refractivity contribution in [2.24, 2.45) is 11.7 Å². The van der Waals surface area contributed by atoms with Crippen molar-refractivity contribution in [3.63, 3.8) is 0 Å². The summed E-state index contributed by atoms with van der Waals surface area (Å²) in [6, 6.07) is 4.73. The molecular formula is C19H23N3O3. The molecule has 0 spiro atoms. The van der Waals surface area contributed by atoms with E-state index in [1.165, 1.54) is 12.1 Å². The van der Waals surface area contributed by atoms with Gasteiger partial charge in [0.1, 0.15) is 0 Å². The number of benzene rings is 1. The quantitative estimate of drug-likeness (QED) is 0.667. The minimum absolute atomic E-state index is 0.0131. The minimum atomic E-state index is -0.378. The monoisotopic (exact) mass is 341 g/mol. The second-order valence-corrected chi connectivity index (χ2v) is 6.79. The van der Waals surface area contributed by atoms with Gasteiger partial charge in [-0.25, -0.2) is 0 Å². The number of imide groups is 1. The summed E-state index contributed by atoms with van der Waals surface area (Å²) in [5, 5.41) is 0. The molecule has 2 N–H and O–H groups in total. The molecule has 0 aliphatic carbocycles. The summed E-state index contributed by atoms with van der Waals surface area (Å²) < 4.78 is 0. The third kappa shape index (κ3) is 2.98. The number of carbonyl (C=O) groups excluding carboxylic acids is 3. The smallest absolute Gasteiger partial charge is 0.261 e. The Morgan fingerprint density at radius 2 is 2.04 bits per heavy atom. The van der Waals surface area contributed by atoms with Crippen molar-refractivity contribution < 1.29 is 14.4 Å². The third-order valence-corrected chi connectivity index (χ3v) is 5.04.